The molecular formula is C15H17NO3. The molecule has 1 heterocycles. The van der Waals surface area contributed by atoms with Crippen LogP contribution < -0.4 is 10.1 Å². The third-order valence-corrected chi connectivity index (χ3v) is 2.84. The summed E-state index contributed by atoms with van der Waals surface area (Å²) in [5.41, 5.74) is 1.68. The number of carbonyl (C=O) groups is 2. The molecule has 0 unspecified atom stereocenters. The highest BCUT2D eigenvalue weighted by Gasteiger charge is 2.13. The normalized spacial score (nSPS) is 14.5. The van der Waals surface area contributed by atoms with Crippen LogP contribution in [0.4, 0.5) is 5.69 Å². The van der Waals surface area contributed by atoms with E-state index in [9.17, 15) is 9.59 Å². The second kappa shape index (κ2) is 6.18. The molecule has 2 rings (SSSR count). The second-order valence-corrected chi connectivity index (χ2v) is 4.55. The summed E-state index contributed by atoms with van der Waals surface area (Å²) in [5.74, 6) is 0.857. The van der Waals surface area contributed by atoms with Gasteiger partial charge in [-0.05, 0) is 31.0 Å². The van der Waals surface area contributed by atoms with Gasteiger partial charge in [0.05, 0.1) is 18.7 Å². The van der Waals surface area contributed by atoms with E-state index in [-0.39, 0.29) is 11.7 Å². The summed E-state index contributed by atoms with van der Waals surface area (Å²) in [6.45, 7) is 2.00. The third kappa shape index (κ3) is 3.95. The van der Waals surface area contributed by atoms with Gasteiger partial charge in [0.1, 0.15) is 11.5 Å². The minimum absolute atomic E-state index is 0.0311. The molecule has 1 N–H and O–H groups in total. The van der Waals surface area contributed by atoms with Crippen molar-refractivity contribution in [3.05, 3.63) is 29.8 Å². The van der Waals surface area contributed by atoms with Crippen molar-refractivity contribution in [3.8, 4) is 5.75 Å². The molecule has 0 aromatic heterocycles. The highest BCUT2D eigenvalue weighted by Crippen LogP contribution is 2.28. The van der Waals surface area contributed by atoms with E-state index in [1.807, 2.05) is 30.4 Å². The molecule has 0 bridgehead atoms. The van der Waals surface area contributed by atoms with Gasteiger partial charge in [0.15, 0.2) is 0 Å². The molecule has 1 aliphatic heterocycles. The highest BCUT2D eigenvalue weighted by molar-refractivity contribution is 5.93. The van der Waals surface area contributed by atoms with Crippen molar-refractivity contribution in [2.45, 2.75) is 26.2 Å². The fraction of sp³-hybridized carbons (Fsp3) is 0.333. The monoisotopic (exact) mass is 259 g/mol. The number of carbonyl (C=O) groups excluding carboxylic acids is 2. The summed E-state index contributed by atoms with van der Waals surface area (Å²) in [4.78, 5) is 22.3. The highest BCUT2D eigenvalue weighted by atomic mass is 16.5. The van der Waals surface area contributed by atoms with Crippen LogP contribution >= 0.6 is 0 Å². The zero-order valence-corrected chi connectivity index (χ0v) is 10.9. The zero-order valence-electron chi connectivity index (χ0n) is 10.9. The first-order chi connectivity index (χ1) is 9.15. The zero-order chi connectivity index (χ0) is 13.7. The van der Waals surface area contributed by atoms with E-state index in [1.165, 1.54) is 0 Å². The maximum absolute atomic E-state index is 11.4. The van der Waals surface area contributed by atoms with E-state index in [1.54, 1.807) is 6.92 Å². The fourth-order valence-corrected chi connectivity index (χ4v) is 1.85. The van der Waals surface area contributed by atoms with Crippen LogP contribution in [0.2, 0.25) is 0 Å². The quantitative estimate of drug-likeness (QED) is 0.904. The second-order valence-electron chi connectivity index (χ2n) is 4.55. The predicted octanol–water partition coefficient (Wildman–Crippen LogP) is 2.79. The Bertz CT molecular complexity index is 520. The number of amides is 1. The molecule has 0 atom stereocenters. The Morgan fingerprint density at radius 3 is 3.11 bits per heavy atom. The molecule has 4 nitrogen and oxygen atoms in total. The number of Topliss-reactive ketones (excluding diaryl/α,β-unsaturated/α-hetero) is 1. The van der Waals surface area contributed by atoms with Crippen molar-refractivity contribution in [1.29, 1.82) is 0 Å². The SMILES string of the molecule is CC(=O)CC/C=C/c1ccc2c(c1)NC(=O)CCO2. The molecule has 1 aromatic carbocycles. The lowest BCUT2D eigenvalue weighted by Crippen LogP contribution is -2.10. The molecule has 1 amide bonds. The number of nitrogens with one attached hydrogen (secondary N) is 1. The van der Waals surface area contributed by atoms with Gasteiger partial charge in [0.2, 0.25) is 5.91 Å². The molecule has 0 spiro atoms. The van der Waals surface area contributed by atoms with Crippen molar-refractivity contribution in [1.82, 2.24) is 0 Å². The summed E-state index contributed by atoms with van der Waals surface area (Å²) in [6, 6.07) is 5.66. The summed E-state index contributed by atoms with van der Waals surface area (Å²) >= 11 is 0. The lowest BCUT2D eigenvalue weighted by atomic mass is 10.1. The van der Waals surface area contributed by atoms with Crippen LogP contribution in [0.1, 0.15) is 31.7 Å². The van der Waals surface area contributed by atoms with Crippen molar-refractivity contribution in [2.75, 3.05) is 11.9 Å². The summed E-state index contributed by atoms with van der Waals surface area (Å²) in [7, 11) is 0. The molecule has 0 radical (unpaired) electrons. The summed E-state index contributed by atoms with van der Waals surface area (Å²) < 4.78 is 5.48. The number of anilines is 1. The van der Waals surface area contributed by atoms with Gasteiger partial charge in [-0.15, -0.1) is 0 Å². The van der Waals surface area contributed by atoms with Gasteiger partial charge in [-0.25, -0.2) is 0 Å². The topological polar surface area (TPSA) is 55.4 Å². The number of rotatable bonds is 4. The molecule has 4 heteroatoms. The van der Waals surface area contributed by atoms with E-state index >= 15 is 0 Å². The van der Waals surface area contributed by atoms with Crippen molar-refractivity contribution in [2.24, 2.45) is 0 Å². The fourth-order valence-electron chi connectivity index (χ4n) is 1.85. The smallest absolute Gasteiger partial charge is 0.227 e. The van der Waals surface area contributed by atoms with Crippen molar-refractivity contribution >= 4 is 23.5 Å². The number of fused-ring (bicyclic) bond motifs is 1. The number of hydrogen-bond donors (Lipinski definition) is 1. The Morgan fingerprint density at radius 1 is 1.47 bits per heavy atom. The molecule has 1 aliphatic rings. The van der Waals surface area contributed by atoms with Crippen molar-refractivity contribution in [3.63, 3.8) is 0 Å². The maximum Gasteiger partial charge on any atom is 0.227 e. The Labute approximate surface area is 112 Å². The van der Waals surface area contributed by atoms with Crippen LogP contribution in [-0.2, 0) is 9.59 Å². The number of allylic oxidation sites excluding steroid dienone is 1. The molecule has 0 fully saturated rings. The van der Waals surface area contributed by atoms with Crippen LogP contribution in [0.15, 0.2) is 24.3 Å². The molecule has 100 valence electrons. The first kappa shape index (κ1) is 13.3. The van der Waals surface area contributed by atoms with Gasteiger partial charge < -0.3 is 14.8 Å². The van der Waals surface area contributed by atoms with Crippen molar-refractivity contribution < 1.29 is 14.3 Å². The number of benzene rings is 1. The number of ether oxygens (including phenoxy) is 1. The molecule has 19 heavy (non-hydrogen) atoms. The predicted molar refractivity (Wildman–Crippen MR) is 74.1 cm³/mol. The standard InChI is InChI=1S/C15H17NO3/c1-11(17)4-2-3-5-12-6-7-14-13(10-12)16-15(18)8-9-19-14/h3,5-7,10H,2,4,8-9H2,1H3,(H,16,18)/b5-3+. The van der Waals surface area contributed by atoms with E-state index in [0.717, 1.165) is 12.0 Å². The lowest BCUT2D eigenvalue weighted by Gasteiger charge is -2.07. The lowest BCUT2D eigenvalue weighted by molar-refractivity contribution is -0.117. The van der Waals surface area contributed by atoms with E-state index in [4.69, 9.17) is 4.74 Å². The van der Waals surface area contributed by atoms with Gasteiger partial charge >= 0.3 is 0 Å². The average molecular weight is 259 g/mol. The molecule has 1 aromatic rings. The van der Waals surface area contributed by atoms with Crippen LogP contribution in [0.3, 0.4) is 0 Å². The van der Waals surface area contributed by atoms with Crippen LogP contribution in [0.5, 0.6) is 5.75 Å². The van der Waals surface area contributed by atoms with Gasteiger partial charge in [0.25, 0.3) is 0 Å². The third-order valence-electron chi connectivity index (χ3n) is 2.84. The summed E-state index contributed by atoms with van der Waals surface area (Å²) in [6.07, 6.45) is 5.57. The van der Waals surface area contributed by atoms with E-state index < -0.39 is 0 Å². The molecular weight excluding hydrogens is 242 g/mol. The Balaban J connectivity index is 2.07. The van der Waals surface area contributed by atoms with E-state index in [0.29, 0.717) is 30.9 Å². The molecule has 0 saturated heterocycles. The van der Waals surface area contributed by atoms with Gasteiger partial charge in [-0.2, -0.15) is 0 Å². The minimum Gasteiger partial charge on any atom is -0.491 e. The van der Waals surface area contributed by atoms with Gasteiger partial charge in [0, 0.05) is 6.42 Å². The Hall–Kier alpha value is -2.10. The molecule has 0 aliphatic carbocycles. The van der Waals surface area contributed by atoms with Crippen LogP contribution in [0, 0.1) is 0 Å². The average Bonchev–Trinajstić information content (AvgIpc) is 2.54. The summed E-state index contributed by atoms with van der Waals surface area (Å²) in [5, 5.41) is 2.82. The first-order valence-electron chi connectivity index (χ1n) is 6.38. The van der Waals surface area contributed by atoms with Crippen LogP contribution in [-0.4, -0.2) is 18.3 Å². The Kier molecular flexibility index (Phi) is 4.34. The maximum atomic E-state index is 11.4. The van der Waals surface area contributed by atoms with Gasteiger partial charge in [-0.1, -0.05) is 18.2 Å². The Morgan fingerprint density at radius 2 is 2.32 bits per heavy atom. The largest absolute Gasteiger partial charge is 0.491 e. The first-order valence-corrected chi connectivity index (χ1v) is 6.38. The van der Waals surface area contributed by atoms with Crippen LogP contribution in [0.25, 0.3) is 6.08 Å². The molecule has 0 saturated carbocycles. The number of hydrogen-bond acceptors (Lipinski definition) is 3. The van der Waals surface area contributed by atoms with E-state index in [2.05, 4.69) is 5.32 Å². The minimum atomic E-state index is -0.0311. The van der Waals surface area contributed by atoms with Gasteiger partial charge in [-0.3, -0.25) is 4.79 Å². The number of ketones is 1.